The van der Waals surface area contributed by atoms with Crippen LogP contribution in [0.2, 0.25) is 5.02 Å². The fourth-order valence-electron chi connectivity index (χ4n) is 2.69. The van der Waals surface area contributed by atoms with Crippen molar-refractivity contribution >= 4 is 51.9 Å². The Balaban J connectivity index is 1.59. The predicted octanol–water partition coefficient (Wildman–Crippen LogP) is 3.37. The number of hydrogen-bond donors (Lipinski definition) is 1. The molecule has 0 amide bonds. The van der Waals surface area contributed by atoms with Gasteiger partial charge < -0.3 is 24.4 Å². The molecule has 3 heterocycles. The van der Waals surface area contributed by atoms with Crippen molar-refractivity contribution in [2.24, 2.45) is 0 Å². The zero-order valence-corrected chi connectivity index (χ0v) is 17.8. The Labute approximate surface area is 177 Å². The minimum atomic E-state index is -0.383. The minimum absolute atomic E-state index is 0.156. The predicted molar refractivity (Wildman–Crippen MR) is 113 cm³/mol. The Kier molecular flexibility index (Phi) is 7.06. The Morgan fingerprint density at radius 3 is 3.11 bits per heavy atom. The van der Waals surface area contributed by atoms with Crippen LogP contribution in [0, 0.1) is 6.92 Å². The first kappa shape index (κ1) is 20.8. The van der Waals surface area contributed by atoms with E-state index >= 15 is 0 Å². The van der Waals surface area contributed by atoms with Gasteiger partial charge in [0.25, 0.3) is 0 Å². The lowest BCUT2D eigenvalue weighted by Gasteiger charge is -2.34. The number of thiocarbonyl (C=S) groups is 1. The number of aryl methyl sites for hydroxylation is 1. The van der Waals surface area contributed by atoms with Crippen LogP contribution in [0.25, 0.3) is 0 Å². The van der Waals surface area contributed by atoms with Crippen molar-refractivity contribution in [1.82, 2.24) is 9.88 Å². The SMILES string of the molecule is COC(=O)c1scc(C)c1NC(=S)N1CCOC(COc2cncc(Cl)c2)C1. The van der Waals surface area contributed by atoms with Crippen molar-refractivity contribution in [1.29, 1.82) is 0 Å². The van der Waals surface area contributed by atoms with Crippen LogP contribution in [0.5, 0.6) is 5.75 Å². The normalized spacial score (nSPS) is 16.5. The number of carbonyl (C=O) groups excluding carboxylic acids is 1. The quantitative estimate of drug-likeness (QED) is 0.559. The summed E-state index contributed by atoms with van der Waals surface area (Å²) in [7, 11) is 1.36. The number of carbonyl (C=O) groups is 1. The smallest absolute Gasteiger partial charge is 0.350 e. The summed E-state index contributed by atoms with van der Waals surface area (Å²) in [5.41, 5.74) is 1.63. The highest BCUT2D eigenvalue weighted by Crippen LogP contribution is 2.29. The van der Waals surface area contributed by atoms with Gasteiger partial charge in [-0.1, -0.05) is 11.6 Å². The van der Waals surface area contributed by atoms with Gasteiger partial charge in [0.1, 0.15) is 23.3 Å². The molecule has 2 aromatic heterocycles. The summed E-state index contributed by atoms with van der Waals surface area (Å²) in [4.78, 5) is 18.4. The molecule has 1 aliphatic heterocycles. The second kappa shape index (κ2) is 9.51. The molecule has 28 heavy (non-hydrogen) atoms. The van der Waals surface area contributed by atoms with Crippen LogP contribution in [-0.2, 0) is 9.47 Å². The van der Waals surface area contributed by atoms with Crippen LogP contribution < -0.4 is 10.1 Å². The van der Waals surface area contributed by atoms with Gasteiger partial charge in [0.2, 0.25) is 0 Å². The van der Waals surface area contributed by atoms with E-state index in [2.05, 4.69) is 10.3 Å². The highest BCUT2D eigenvalue weighted by molar-refractivity contribution is 7.80. The maximum atomic E-state index is 11.9. The van der Waals surface area contributed by atoms with E-state index in [4.69, 9.17) is 38.0 Å². The van der Waals surface area contributed by atoms with Gasteiger partial charge in [-0.3, -0.25) is 4.98 Å². The number of nitrogens with one attached hydrogen (secondary N) is 1. The largest absolute Gasteiger partial charge is 0.489 e. The summed E-state index contributed by atoms with van der Waals surface area (Å²) in [6.45, 7) is 4.01. The van der Waals surface area contributed by atoms with E-state index in [-0.39, 0.29) is 12.1 Å². The van der Waals surface area contributed by atoms with Crippen LogP contribution in [0.3, 0.4) is 0 Å². The van der Waals surface area contributed by atoms with Gasteiger partial charge in [0, 0.05) is 25.4 Å². The van der Waals surface area contributed by atoms with E-state index in [9.17, 15) is 4.79 Å². The fourth-order valence-corrected chi connectivity index (χ4v) is 4.05. The number of aromatic nitrogens is 1. The molecule has 0 spiro atoms. The number of halogens is 1. The first-order chi connectivity index (χ1) is 13.5. The second-order valence-corrected chi connectivity index (χ2v) is 7.84. The molecule has 10 heteroatoms. The third-order valence-corrected chi connectivity index (χ3v) is 5.76. The lowest BCUT2D eigenvalue weighted by Crippen LogP contribution is -2.49. The molecule has 1 saturated heterocycles. The van der Waals surface area contributed by atoms with Gasteiger partial charge in [-0.05, 0) is 30.1 Å². The third-order valence-electron chi connectivity index (χ3n) is 4.12. The highest BCUT2D eigenvalue weighted by Gasteiger charge is 2.25. The molecule has 0 radical (unpaired) electrons. The molecule has 3 rings (SSSR count). The first-order valence-electron chi connectivity index (χ1n) is 8.55. The molecular weight excluding hydrogens is 422 g/mol. The molecule has 0 saturated carbocycles. The van der Waals surface area contributed by atoms with E-state index in [1.807, 2.05) is 17.2 Å². The van der Waals surface area contributed by atoms with Gasteiger partial charge >= 0.3 is 5.97 Å². The number of morpholine rings is 1. The molecule has 0 aromatic carbocycles. The fraction of sp³-hybridized carbons (Fsp3) is 0.389. The summed E-state index contributed by atoms with van der Waals surface area (Å²) < 4.78 is 16.3. The zero-order chi connectivity index (χ0) is 20.1. The van der Waals surface area contributed by atoms with E-state index in [1.54, 1.807) is 18.5 Å². The lowest BCUT2D eigenvalue weighted by molar-refractivity contribution is -0.0280. The average Bonchev–Trinajstić information content (AvgIpc) is 3.06. The van der Waals surface area contributed by atoms with Crippen molar-refractivity contribution in [3.8, 4) is 5.75 Å². The molecule has 0 bridgehead atoms. The maximum Gasteiger partial charge on any atom is 0.350 e. The van der Waals surface area contributed by atoms with Gasteiger partial charge in [-0.25, -0.2) is 4.79 Å². The van der Waals surface area contributed by atoms with Crippen molar-refractivity contribution in [2.45, 2.75) is 13.0 Å². The third kappa shape index (κ3) is 5.11. The first-order valence-corrected chi connectivity index (χ1v) is 10.2. The molecule has 7 nitrogen and oxygen atoms in total. The summed E-state index contributed by atoms with van der Waals surface area (Å²) in [5, 5.41) is 6.13. The molecule has 1 aliphatic rings. The van der Waals surface area contributed by atoms with Crippen molar-refractivity contribution in [2.75, 3.05) is 38.7 Å². The van der Waals surface area contributed by atoms with Gasteiger partial charge in [0.15, 0.2) is 5.11 Å². The highest BCUT2D eigenvalue weighted by atomic mass is 35.5. The van der Waals surface area contributed by atoms with Gasteiger partial charge in [-0.15, -0.1) is 11.3 Å². The Morgan fingerprint density at radius 1 is 1.54 bits per heavy atom. The minimum Gasteiger partial charge on any atom is -0.489 e. The van der Waals surface area contributed by atoms with Crippen molar-refractivity contribution in [3.63, 3.8) is 0 Å². The van der Waals surface area contributed by atoms with E-state index in [1.165, 1.54) is 18.4 Å². The number of nitrogens with zero attached hydrogens (tertiary/aromatic N) is 2. The standard InChI is InChI=1S/C18H20ClN3O4S2/c1-11-10-28-16(17(23)24-2)15(11)21-18(27)22-3-4-25-14(8-22)9-26-13-5-12(19)6-20-7-13/h5-7,10,14H,3-4,8-9H2,1-2H3,(H,21,27). The van der Waals surface area contributed by atoms with E-state index < -0.39 is 0 Å². The number of ether oxygens (including phenoxy) is 3. The van der Waals surface area contributed by atoms with Gasteiger partial charge in [-0.2, -0.15) is 0 Å². The average molecular weight is 442 g/mol. The Hall–Kier alpha value is -1.94. The summed E-state index contributed by atoms with van der Waals surface area (Å²) in [6.07, 6.45) is 3.00. The topological polar surface area (TPSA) is 72.9 Å². The zero-order valence-electron chi connectivity index (χ0n) is 15.4. The summed E-state index contributed by atoms with van der Waals surface area (Å²) in [5.74, 6) is 0.206. The number of methoxy groups -OCH3 is 1. The van der Waals surface area contributed by atoms with Crippen molar-refractivity contribution < 1.29 is 19.0 Å². The molecule has 1 atom stereocenters. The molecule has 1 unspecified atom stereocenters. The second-order valence-electron chi connectivity index (χ2n) is 6.13. The number of hydrogen-bond acceptors (Lipinski definition) is 7. The molecule has 1 N–H and O–H groups in total. The Bertz CT molecular complexity index is 861. The number of thiophene rings is 1. The van der Waals surface area contributed by atoms with Crippen molar-refractivity contribution in [3.05, 3.63) is 39.3 Å². The van der Waals surface area contributed by atoms with Gasteiger partial charge in [0.05, 0.1) is 30.6 Å². The number of esters is 1. The summed E-state index contributed by atoms with van der Waals surface area (Å²) >= 11 is 12.8. The van der Waals surface area contributed by atoms with Crippen LogP contribution in [0.1, 0.15) is 15.2 Å². The lowest BCUT2D eigenvalue weighted by atomic mass is 10.2. The van der Waals surface area contributed by atoms with Crippen LogP contribution in [0.4, 0.5) is 5.69 Å². The Morgan fingerprint density at radius 2 is 2.36 bits per heavy atom. The molecule has 0 aliphatic carbocycles. The molecule has 150 valence electrons. The monoisotopic (exact) mass is 441 g/mol. The van der Waals surface area contributed by atoms with E-state index in [0.29, 0.717) is 52.8 Å². The maximum absolute atomic E-state index is 11.9. The van der Waals surface area contributed by atoms with E-state index in [0.717, 1.165) is 5.56 Å². The molecule has 1 fully saturated rings. The summed E-state index contributed by atoms with van der Waals surface area (Å²) in [6, 6.07) is 1.70. The van der Waals surface area contributed by atoms with Crippen LogP contribution in [0.15, 0.2) is 23.8 Å². The number of rotatable bonds is 5. The number of pyridine rings is 1. The molecular formula is C18H20ClN3O4S2. The molecule has 2 aromatic rings. The number of anilines is 1. The van der Waals surface area contributed by atoms with Crippen LogP contribution >= 0.6 is 35.2 Å². The van der Waals surface area contributed by atoms with Crippen LogP contribution in [-0.4, -0.2) is 60.5 Å².